The highest BCUT2D eigenvalue weighted by Crippen LogP contribution is 2.16. The van der Waals surface area contributed by atoms with E-state index in [1.54, 1.807) is 0 Å². The van der Waals surface area contributed by atoms with Crippen LogP contribution in [0.3, 0.4) is 0 Å². The zero-order valence-corrected chi connectivity index (χ0v) is 7.43. The zero-order valence-electron chi connectivity index (χ0n) is 7.43. The number of carbonyl (C=O) groups excluding carboxylic acids is 1. The summed E-state index contributed by atoms with van der Waals surface area (Å²) in [6.45, 7) is 4.15. The lowest BCUT2D eigenvalue weighted by Crippen LogP contribution is -2.05. The van der Waals surface area contributed by atoms with E-state index >= 15 is 0 Å². The van der Waals surface area contributed by atoms with Gasteiger partial charge < -0.3 is 0 Å². The molecule has 1 unspecified atom stereocenters. The van der Waals surface area contributed by atoms with E-state index in [-0.39, 0.29) is 6.42 Å². The standard InChI is InChI=1S/C9H17O2/c1-3-5-6-8(4-2)7-9(10)11/h8H,3-7H2,1-2H3. The molecule has 0 saturated carbocycles. The van der Waals surface area contributed by atoms with Gasteiger partial charge in [0, 0.05) is 0 Å². The molecule has 0 bridgehead atoms. The number of carbonyl (C=O) groups is 1. The molecule has 0 heterocycles. The van der Waals surface area contributed by atoms with E-state index in [0.717, 1.165) is 25.7 Å². The monoisotopic (exact) mass is 157 g/mol. The quantitative estimate of drug-likeness (QED) is 0.583. The first-order valence-corrected chi connectivity index (χ1v) is 4.40. The van der Waals surface area contributed by atoms with Gasteiger partial charge in [-0.05, 0) is 12.3 Å². The van der Waals surface area contributed by atoms with Gasteiger partial charge in [-0.1, -0.05) is 33.1 Å². The van der Waals surface area contributed by atoms with Crippen LogP contribution in [0.4, 0.5) is 0 Å². The van der Waals surface area contributed by atoms with Crippen LogP contribution in [0.15, 0.2) is 0 Å². The van der Waals surface area contributed by atoms with Crippen LogP contribution < -0.4 is 0 Å². The summed E-state index contributed by atoms with van der Waals surface area (Å²) in [7, 11) is 0. The van der Waals surface area contributed by atoms with Crippen LogP contribution in [0.25, 0.3) is 0 Å². The van der Waals surface area contributed by atoms with E-state index in [2.05, 4.69) is 6.92 Å². The SMILES string of the molecule is CCCCC(CC)CC([O])=O. The minimum Gasteiger partial charge on any atom is -0.247 e. The van der Waals surface area contributed by atoms with Gasteiger partial charge in [0.2, 0.25) is 0 Å². The fraction of sp³-hybridized carbons (Fsp3) is 0.889. The number of unbranched alkanes of at least 4 members (excludes halogenated alkanes) is 1. The molecule has 0 aliphatic carbocycles. The minimum atomic E-state index is -0.909. The number of hydrogen-bond donors (Lipinski definition) is 0. The number of rotatable bonds is 6. The van der Waals surface area contributed by atoms with Crippen molar-refractivity contribution in [1.82, 2.24) is 0 Å². The summed E-state index contributed by atoms with van der Waals surface area (Å²) >= 11 is 0. The molecule has 0 spiro atoms. The molecule has 0 amide bonds. The van der Waals surface area contributed by atoms with E-state index < -0.39 is 5.97 Å². The molecule has 1 radical (unpaired) electrons. The maximum atomic E-state index is 10.2. The molecule has 0 aromatic carbocycles. The Balaban J connectivity index is 3.49. The topological polar surface area (TPSA) is 37.0 Å². The summed E-state index contributed by atoms with van der Waals surface area (Å²) in [5.41, 5.74) is 0. The first kappa shape index (κ1) is 10.5. The molecule has 0 aliphatic rings. The van der Waals surface area contributed by atoms with Gasteiger partial charge >= 0.3 is 5.97 Å². The maximum Gasteiger partial charge on any atom is 0.355 e. The van der Waals surface area contributed by atoms with Gasteiger partial charge in [0.1, 0.15) is 0 Å². The smallest absolute Gasteiger partial charge is 0.247 e. The minimum absolute atomic E-state index is 0.233. The maximum absolute atomic E-state index is 10.2. The van der Waals surface area contributed by atoms with Crippen molar-refractivity contribution < 1.29 is 9.90 Å². The van der Waals surface area contributed by atoms with Gasteiger partial charge in [0.25, 0.3) is 0 Å². The molecule has 0 fully saturated rings. The van der Waals surface area contributed by atoms with Crippen molar-refractivity contribution in [1.29, 1.82) is 0 Å². The Morgan fingerprint density at radius 1 is 1.36 bits per heavy atom. The van der Waals surface area contributed by atoms with Gasteiger partial charge in [-0.2, -0.15) is 0 Å². The lowest BCUT2D eigenvalue weighted by Gasteiger charge is -2.09. The average molecular weight is 157 g/mol. The summed E-state index contributed by atoms with van der Waals surface area (Å²) in [6, 6.07) is 0. The van der Waals surface area contributed by atoms with Crippen LogP contribution in [0.1, 0.15) is 46.0 Å². The lowest BCUT2D eigenvalue weighted by atomic mass is 9.96. The predicted molar refractivity (Wildman–Crippen MR) is 43.6 cm³/mol. The highest BCUT2D eigenvalue weighted by atomic mass is 16.4. The second kappa shape index (κ2) is 6.20. The van der Waals surface area contributed by atoms with E-state index in [1.165, 1.54) is 0 Å². The molecular formula is C9H17O2. The van der Waals surface area contributed by atoms with Gasteiger partial charge in [-0.25, -0.2) is 9.90 Å². The fourth-order valence-electron chi connectivity index (χ4n) is 1.18. The highest BCUT2D eigenvalue weighted by Gasteiger charge is 2.10. The Morgan fingerprint density at radius 2 is 2.00 bits per heavy atom. The molecule has 0 saturated heterocycles. The van der Waals surface area contributed by atoms with Crippen LogP contribution in [0.2, 0.25) is 0 Å². The lowest BCUT2D eigenvalue weighted by molar-refractivity contribution is -0.144. The van der Waals surface area contributed by atoms with Crippen molar-refractivity contribution >= 4 is 5.97 Å². The molecule has 65 valence electrons. The molecule has 0 aromatic rings. The summed E-state index contributed by atoms with van der Waals surface area (Å²) < 4.78 is 0. The Labute approximate surface area is 68.6 Å². The molecular weight excluding hydrogens is 140 g/mol. The molecule has 0 N–H and O–H groups in total. The van der Waals surface area contributed by atoms with Crippen molar-refractivity contribution in [3.63, 3.8) is 0 Å². The van der Waals surface area contributed by atoms with E-state index in [1.807, 2.05) is 6.92 Å². The van der Waals surface area contributed by atoms with Crippen LogP contribution in [0.5, 0.6) is 0 Å². The Bertz CT molecular complexity index is 110. The molecule has 1 atom stereocenters. The van der Waals surface area contributed by atoms with Crippen molar-refractivity contribution in [2.45, 2.75) is 46.0 Å². The van der Waals surface area contributed by atoms with E-state index in [4.69, 9.17) is 0 Å². The number of hydrogen-bond acceptors (Lipinski definition) is 1. The molecule has 2 nitrogen and oxygen atoms in total. The highest BCUT2D eigenvalue weighted by molar-refractivity contribution is 5.66. The Hall–Kier alpha value is -0.530. The van der Waals surface area contributed by atoms with Crippen LogP contribution in [-0.2, 0) is 9.90 Å². The molecule has 2 heteroatoms. The third kappa shape index (κ3) is 5.89. The average Bonchev–Trinajstić information content (AvgIpc) is 1.97. The molecule has 0 aliphatic heterocycles. The van der Waals surface area contributed by atoms with Crippen molar-refractivity contribution in [3.8, 4) is 0 Å². The van der Waals surface area contributed by atoms with Crippen molar-refractivity contribution in [2.75, 3.05) is 0 Å². The first-order valence-electron chi connectivity index (χ1n) is 4.40. The Kier molecular flexibility index (Phi) is 5.90. The van der Waals surface area contributed by atoms with Crippen LogP contribution >= 0.6 is 0 Å². The summed E-state index contributed by atoms with van der Waals surface area (Å²) in [6.07, 6.45) is 4.49. The fourth-order valence-corrected chi connectivity index (χ4v) is 1.18. The molecule has 0 rings (SSSR count). The molecule has 0 aromatic heterocycles. The Morgan fingerprint density at radius 3 is 2.36 bits per heavy atom. The van der Waals surface area contributed by atoms with E-state index in [0.29, 0.717) is 5.92 Å². The van der Waals surface area contributed by atoms with Crippen molar-refractivity contribution in [2.24, 2.45) is 5.92 Å². The predicted octanol–water partition coefficient (Wildman–Crippen LogP) is 2.55. The van der Waals surface area contributed by atoms with Gasteiger partial charge in [0.05, 0.1) is 6.42 Å². The zero-order chi connectivity index (χ0) is 8.69. The molecule has 11 heavy (non-hydrogen) atoms. The normalized spacial score (nSPS) is 12.9. The second-order valence-electron chi connectivity index (χ2n) is 2.99. The first-order chi connectivity index (χ1) is 5.20. The summed E-state index contributed by atoms with van der Waals surface area (Å²) in [5, 5.41) is 10.2. The van der Waals surface area contributed by atoms with E-state index in [9.17, 15) is 9.90 Å². The van der Waals surface area contributed by atoms with Crippen LogP contribution in [0, 0.1) is 5.92 Å². The summed E-state index contributed by atoms with van der Waals surface area (Å²) in [4.78, 5) is 10.2. The van der Waals surface area contributed by atoms with Crippen LogP contribution in [-0.4, -0.2) is 5.97 Å². The van der Waals surface area contributed by atoms with Gasteiger partial charge in [-0.3, -0.25) is 0 Å². The summed E-state index contributed by atoms with van der Waals surface area (Å²) in [5.74, 6) is -0.576. The van der Waals surface area contributed by atoms with Crippen molar-refractivity contribution in [3.05, 3.63) is 0 Å². The third-order valence-corrected chi connectivity index (χ3v) is 2.00. The second-order valence-corrected chi connectivity index (χ2v) is 2.99. The van der Waals surface area contributed by atoms with Gasteiger partial charge in [0.15, 0.2) is 0 Å². The van der Waals surface area contributed by atoms with Gasteiger partial charge in [-0.15, -0.1) is 0 Å². The largest absolute Gasteiger partial charge is 0.355 e. The third-order valence-electron chi connectivity index (χ3n) is 2.00.